The third-order valence-electron chi connectivity index (χ3n) is 2.41. The van der Waals surface area contributed by atoms with Gasteiger partial charge in [0.25, 0.3) is 5.91 Å². The molecule has 2 rings (SSSR count). The Morgan fingerprint density at radius 1 is 1.44 bits per heavy atom. The van der Waals surface area contributed by atoms with Crippen molar-refractivity contribution in [2.45, 2.75) is 6.04 Å². The van der Waals surface area contributed by atoms with Crippen LogP contribution < -0.4 is 5.32 Å². The third kappa shape index (κ3) is 2.36. The lowest BCUT2D eigenvalue weighted by molar-refractivity contribution is 0.0949. The highest BCUT2D eigenvalue weighted by atomic mass is 32.2. The van der Waals surface area contributed by atoms with E-state index in [0.717, 1.165) is 5.75 Å². The first-order valence-electron chi connectivity index (χ1n) is 4.95. The molecule has 1 fully saturated rings. The zero-order valence-corrected chi connectivity index (χ0v) is 9.41. The summed E-state index contributed by atoms with van der Waals surface area (Å²) in [6, 6.07) is 8.87. The number of benzene rings is 1. The monoisotopic (exact) mass is 236 g/mol. The molecule has 1 heterocycles. The van der Waals surface area contributed by atoms with Gasteiger partial charge < -0.3 is 10.5 Å². The maximum absolute atomic E-state index is 11.8. The van der Waals surface area contributed by atoms with Crippen molar-refractivity contribution in [1.29, 1.82) is 0 Å². The van der Waals surface area contributed by atoms with Crippen molar-refractivity contribution >= 4 is 23.4 Å². The highest BCUT2D eigenvalue weighted by molar-refractivity contribution is 8.00. The van der Waals surface area contributed by atoms with Gasteiger partial charge in [0.15, 0.2) is 0 Å². The molecule has 0 radical (unpaired) electrons. The Morgan fingerprint density at radius 2 is 2.19 bits per heavy atom. The quantitative estimate of drug-likeness (QED) is 0.602. The Hall–Kier alpha value is -1.49. The Kier molecular flexibility index (Phi) is 3.46. The average molecular weight is 236 g/mol. The maximum atomic E-state index is 11.8. The molecule has 1 aromatic rings. The standard InChI is InChI=1S/C11H12N2O2S/c14-11(8-4-2-1-3-5-8)12-9-6-16-7-10(9)13-15/h1-5,9,15H,6-7H2,(H,12,14)/b13-10+. The molecule has 1 amide bonds. The van der Waals surface area contributed by atoms with E-state index >= 15 is 0 Å². The van der Waals surface area contributed by atoms with E-state index in [2.05, 4.69) is 10.5 Å². The van der Waals surface area contributed by atoms with Gasteiger partial charge in [-0.15, -0.1) is 0 Å². The number of hydrogen-bond acceptors (Lipinski definition) is 4. The third-order valence-corrected chi connectivity index (χ3v) is 3.48. The SMILES string of the molecule is O=C(NC1CSC/C1=N\O)c1ccccc1. The average Bonchev–Trinajstić information content (AvgIpc) is 2.77. The molecule has 1 aliphatic heterocycles. The van der Waals surface area contributed by atoms with Crippen molar-refractivity contribution < 1.29 is 10.0 Å². The van der Waals surface area contributed by atoms with Gasteiger partial charge in [0.1, 0.15) is 0 Å². The summed E-state index contributed by atoms with van der Waals surface area (Å²) in [5, 5.41) is 14.8. The van der Waals surface area contributed by atoms with Gasteiger partial charge in [-0.05, 0) is 12.1 Å². The minimum atomic E-state index is -0.150. The van der Waals surface area contributed by atoms with Crippen LogP contribution in [0.4, 0.5) is 0 Å². The largest absolute Gasteiger partial charge is 0.411 e. The maximum Gasteiger partial charge on any atom is 0.251 e. The van der Waals surface area contributed by atoms with Crippen LogP contribution in [0.5, 0.6) is 0 Å². The molecule has 4 nitrogen and oxygen atoms in total. The molecule has 84 valence electrons. The second-order valence-electron chi connectivity index (χ2n) is 3.50. The van der Waals surface area contributed by atoms with Crippen LogP contribution in [0.15, 0.2) is 35.5 Å². The second kappa shape index (κ2) is 5.03. The molecule has 1 aromatic carbocycles. The van der Waals surface area contributed by atoms with Crippen molar-refractivity contribution in [2.75, 3.05) is 11.5 Å². The Labute approximate surface area is 97.7 Å². The minimum Gasteiger partial charge on any atom is -0.411 e. The van der Waals surface area contributed by atoms with Crippen molar-refractivity contribution in [2.24, 2.45) is 5.16 Å². The highest BCUT2D eigenvalue weighted by Gasteiger charge is 2.25. The van der Waals surface area contributed by atoms with Gasteiger partial charge in [-0.25, -0.2) is 0 Å². The van der Waals surface area contributed by atoms with Gasteiger partial charge in [-0.3, -0.25) is 4.79 Å². The minimum absolute atomic E-state index is 0.130. The number of oxime groups is 1. The number of carbonyl (C=O) groups is 1. The van der Waals surface area contributed by atoms with Gasteiger partial charge in [0, 0.05) is 17.1 Å². The number of nitrogens with one attached hydrogen (secondary N) is 1. The van der Waals surface area contributed by atoms with Gasteiger partial charge >= 0.3 is 0 Å². The van der Waals surface area contributed by atoms with Gasteiger partial charge in [0.2, 0.25) is 0 Å². The molecule has 16 heavy (non-hydrogen) atoms. The Balaban J connectivity index is 2.03. The molecule has 0 spiro atoms. The molecule has 1 aliphatic rings. The number of nitrogens with zero attached hydrogens (tertiary/aromatic N) is 1. The molecular weight excluding hydrogens is 224 g/mol. The molecular formula is C11H12N2O2S. The number of rotatable bonds is 2. The summed E-state index contributed by atoms with van der Waals surface area (Å²) in [6.45, 7) is 0. The van der Waals surface area contributed by atoms with Crippen LogP contribution in [0.2, 0.25) is 0 Å². The lowest BCUT2D eigenvalue weighted by atomic mass is 10.2. The van der Waals surface area contributed by atoms with E-state index in [1.54, 1.807) is 23.9 Å². The summed E-state index contributed by atoms with van der Waals surface area (Å²) in [5.74, 6) is 1.31. The molecule has 1 saturated heterocycles. The van der Waals surface area contributed by atoms with E-state index in [4.69, 9.17) is 5.21 Å². The predicted octanol–water partition coefficient (Wildman–Crippen LogP) is 1.36. The summed E-state index contributed by atoms with van der Waals surface area (Å²) >= 11 is 1.65. The predicted molar refractivity (Wildman–Crippen MR) is 64.2 cm³/mol. The molecule has 0 saturated carbocycles. The number of carbonyl (C=O) groups excluding carboxylic acids is 1. The smallest absolute Gasteiger partial charge is 0.251 e. The van der Waals surface area contributed by atoms with E-state index < -0.39 is 0 Å². The zero-order chi connectivity index (χ0) is 11.4. The first-order chi connectivity index (χ1) is 7.81. The summed E-state index contributed by atoms with van der Waals surface area (Å²) in [7, 11) is 0. The lowest BCUT2D eigenvalue weighted by Gasteiger charge is -2.11. The second-order valence-corrected chi connectivity index (χ2v) is 4.53. The van der Waals surface area contributed by atoms with Crippen LogP contribution in [0.25, 0.3) is 0 Å². The van der Waals surface area contributed by atoms with E-state index in [1.165, 1.54) is 0 Å². The van der Waals surface area contributed by atoms with Gasteiger partial charge in [0.05, 0.1) is 11.8 Å². The van der Waals surface area contributed by atoms with Crippen molar-refractivity contribution in [3.63, 3.8) is 0 Å². The van der Waals surface area contributed by atoms with Crippen LogP contribution >= 0.6 is 11.8 Å². The van der Waals surface area contributed by atoms with Crippen molar-refractivity contribution in [1.82, 2.24) is 5.32 Å². The van der Waals surface area contributed by atoms with Crippen molar-refractivity contribution in [3.05, 3.63) is 35.9 Å². The Morgan fingerprint density at radius 3 is 2.88 bits per heavy atom. The number of hydrogen-bond donors (Lipinski definition) is 2. The molecule has 1 atom stereocenters. The number of thioether (sulfide) groups is 1. The van der Waals surface area contributed by atoms with Crippen LogP contribution in [-0.2, 0) is 0 Å². The summed E-state index contributed by atoms with van der Waals surface area (Å²) in [5.41, 5.74) is 1.26. The molecule has 5 heteroatoms. The van der Waals surface area contributed by atoms with E-state index in [9.17, 15) is 4.79 Å². The van der Waals surface area contributed by atoms with Crippen LogP contribution in [0.3, 0.4) is 0 Å². The fourth-order valence-electron chi connectivity index (χ4n) is 1.53. The van der Waals surface area contributed by atoms with Gasteiger partial charge in [-0.1, -0.05) is 23.4 Å². The Bertz CT molecular complexity index is 406. The molecule has 0 bridgehead atoms. The van der Waals surface area contributed by atoms with Crippen molar-refractivity contribution in [3.8, 4) is 0 Å². The summed E-state index contributed by atoms with van der Waals surface area (Å²) in [6.07, 6.45) is 0. The first-order valence-corrected chi connectivity index (χ1v) is 6.11. The zero-order valence-electron chi connectivity index (χ0n) is 8.59. The summed E-state index contributed by atoms with van der Waals surface area (Å²) < 4.78 is 0. The molecule has 0 aliphatic carbocycles. The molecule has 0 aromatic heterocycles. The van der Waals surface area contributed by atoms with Crippen LogP contribution in [0, 0.1) is 0 Å². The van der Waals surface area contributed by atoms with E-state index in [1.807, 2.05) is 18.2 Å². The number of amides is 1. The van der Waals surface area contributed by atoms with E-state index in [0.29, 0.717) is 17.0 Å². The normalized spacial score (nSPS) is 22.2. The lowest BCUT2D eigenvalue weighted by Crippen LogP contribution is -2.40. The van der Waals surface area contributed by atoms with E-state index in [-0.39, 0.29) is 11.9 Å². The highest BCUT2D eigenvalue weighted by Crippen LogP contribution is 2.15. The fourth-order valence-corrected chi connectivity index (χ4v) is 2.63. The topological polar surface area (TPSA) is 61.7 Å². The fraction of sp³-hybridized carbons (Fsp3) is 0.273. The first kappa shape index (κ1) is 11.0. The van der Waals surface area contributed by atoms with Crippen LogP contribution in [0.1, 0.15) is 10.4 Å². The molecule has 1 unspecified atom stereocenters. The van der Waals surface area contributed by atoms with Gasteiger partial charge in [-0.2, -0.15) is 11.8 Å². The summed E-state index contributed by atoms with van der Waals surface area (Å²) in [4.78, 5) is 11.8. The molecule has 2 N–H and O–H groups in total. The van der Waals surface area contributed by atoms with Crippen LogP contribution in [-0.4, -0.2) is 34.4 Å².